The first kappa shape index (κ1) is 11.9. The molecule has 0 aliphatic rings. The van der Waals surface area contributed by atoms with E-state index in [4.69, 9.17) is 4.42 Å². The second kappa shape index (κ2) is 5.19. The van der Waals surface area contributed by atoms with Gasteiger partial charge in [0.2, 0.25) is 0 Å². The summed E-state index contributed by atoms with van der Waals surface area (Å²) >= 11 is 0. The van der Waals surface area contributed by atoms with E-state index in [1.165, 1.54) is 11.1 Å². The average molecular weight is 229 g/mol. The summed E-state index contributed by atoms with van der Waals surface area (Å²) in [5.41, 5.74) is 2.41. The summed E-state index contributed by atoms with van der Waals surface area (Å²) in [5.74, 6) is 1.93. The van der Waals surface area contributed by atoms with Crippen LogP contribution in [0, 0.1) is 6.92 Å². The topological polar surface area (TPSA) is 25.2 Å². The third kappa shape index (κ3) is 2.98. The molecule has 2 nitrogen and oxygen atoms in total. The van der Waals surface area contributed by atoms with Crippen molar-refractivity contribution in [2.45, 2.75) is 33.4 Å². The van der Waals surface area contributed by atoms with E-state index in [2.05, 4.69) is 38.2 Å². The number of benzene rings is 1. The molecule has 2 rings (SSSR count). The Morgan fingerprint density at radius 2 is 1.88 bits per heavy atom. The van der Waals surface area contributed by atoms with Crippen molar-refractivity contribution >= 4 is 0 Å². The predicted octanol–water partition coefficient (Wildman–Crippen LogP) is 3.75. The SMILES string of the molecule is Cc1ccccc1-c1ccc(CNC(C)C)o1. The molecule has 1 heterocycles. The van der Waals surface area contributed by atoms with E-state index < -0.39 is 0 Å². The Kier molecular flexibility index (Phi) is 3.64. The molecular formula is C15H19NO. The van der Waals surface area contributed by atoms with E-state index in [0.717, 1.165) is 18.1 Å². The van der Waals surface area contributed by atoms with Crippen LogP contribution in [-0.4, -0.2) is 6.04 Å². The van der Waals surface area contributed by atoms with E-state index in [-0.39, 0.29) is 0 Å². The molecule has 0 radical (unpaired) electrons. The third-order valence-corrected chi connectivity index (χ3v) is 2.76. The summed E-state index contributed by atoms with van der Waals surface area (Å²) in [6.45, 7) is 7.14. The maximum absolute atomic E-state index is 5.84. The summed E-state index contributed by atoms with van der Waals surface area (Å²) in [5, 5.41) is 3.35. The lowest BCUT2D eigenvalue weighted by atomic mass is 10.1. The number of rotatable bonds is 4. The molecule has 2 aromatic rings. The zero-order valence-corrected chi connectivity index (χ0v) is 10.7. The molecule has 0 saturated carbocycles. The van der Waals surface area contributed by atoms with Crippen LogP contribution in [0.25, 0.3) is 11.3 Å². The van der Waals surface area contributed by atoms with Gasteiger partial charge in [-0.1, -0.05) is 38.1 Å². The quantitative estimate of drug-likeness (QED) is 0.863. The van der Waals surface area contributed by atoms with Crippen molar-refractivity contribution in [3.8, 4) is 11.3 Å². The van der Waals surface area contributed by atoms with Gasteiger partial charge >= 0.3 is 0 Å². The lowest BCUT2D eigenvalue weighted by Crippen LogP contribution is -2.21. The second-order valence-corrected chi connectivity index (χ2v) is 4.62. The Morgan fingerprint density at radius 3 is 2.59 bits per heavy atom. The molecule has 0 spiro atoms. The molecule has 90 valence electrons. The normalized spacial score (nSPS) is 11.1. The summed E-state index contributed by atoms with van der Waals surface area (Å²) < 4.78 is 5.84. The van der Waals surface area contributed by atoms with Gasteiger partial charge in [-0.15, -0.1) is 0 Å². The van der Waals surface area contributed by atoms with Crippen LogP contribution in [0.1, 0.15) is 25.2 Å². The number of furan rings is 1. The number of nitrogens with one attached hydrogen (secondary N) is 1. The molecule has 1 aromatic heterocycles. The van der Waals surface area contributed by atoms with Crippen LogP contribution in [0.4, 0.5) is 0 Å². The molecule has 1 aromatic carbocycles. The Hall–Kier alpha value is -1.54. The van der Waals surface area contributed by atoms with Crippen molar-refractivity contribution in [2.24, 2.45) is 0 Å². The van der Waals surface area contributed by atoms with Crippen LogP contribution in [0.3, 0.4) is 0 Å². The van der Waals surface area contributed by atoms with Crippen LogP contribution in [0.5, 0.6) is 0 Å². The third-order valence-electron chi connectivity index (χ3n) is 2.76. The summed E-state index contributed by atoms with van der Waals surface area (Å²) in [6.07, 6.45) is 0. The molecule has 0 bridgehead atoms. The largest absolute Gasteiger partial charge is 0.460 e. The molecule has 0 atom stereocenters. The highest BCUT2D eigenvalue weighted by Crippen LogP contribution is 2.25. The van der Waals surface area contributed by atoms with Crippen molar-refractivity contribution < 1.29 is 4.42 Å². The fourth-order valence-corrected chi connectivity index (χ4v) is 1.77. The molecule has 1 N–H and O–H groups in total. The molecule has 17 heavy (non-hydrogen) atoms. The van der Waals surface area contributed by atoms with Crippen LogP contribution < -0.4 is 5.32 Å². The van der Waals surface area contributed by atoms with Crippen LogP contribution in [0.2, 0.25) is 0 Å². The minimum atomic E-state index is 0.474. The lowest BCUT2D eigenvalue weighted by Gasteiger charge is -2.05. The van der Waals surface area contributed by atoms with Crippen molar-refractivity contribution in [1.29, 1.82) is 0 Å². The molecule has 0 aliphatic heterocycles. The highest BCUT2D eigenvalue weighted by atomic mass is 16.3. The van der Waals surface area contributed by atoms with Gasteiger partial charge in [-0.3, -0.25) is 0 Å². The van der Waals surface area contributed by atoms with Crippen LogP contribution in [-0.2, 0) is 6.54 Å². The predicted molar refractivity (Wildman–Crippen MR) is 70.9 cm³/mol. The Labute approximate surface area is 103 Å². The van der Waals surface area contributed by atoms with E-state index in [0.29, 0.717) is 6.04 Å². The van der Waals surface area contributed by atoms with Gasteiger partial charge in [0.25, 0.3) is 0 Å². The molecule has 2 heteroatoms. The van der Waals surface area contributed by atoms with E-state index in [1.807, 2.05) is 24.3 Å². The monoisotopic (exact) mass is 229 g/mol. The van der Waals surface area contributed by atoms with E-state index >= 15 is 0 Å². The summed E-state index contributed by atoms with van der Waals surface area (Å²) in [4.78, 5) is 0. The Morgan fingerprint density at radius 1 is 1.12 bits per heavy atom. The van der Waals surface area contributed by atoms with Crippen molar-refractivity contribution in [3.63, 3.8) is 0 Å². The molecular weight excluding hydrogens is 210 g/mol. The van der Waals surface area contributed by atoms with Crippen LogP contribution >= 0.6 is 0 Å². The molecule has 0 saturated heterocycles. The van der Waals surface area contributed by atoms with Gasteiger partial charge in [0.1, 0.15) is 11.5 Å². The van der Waals surface area contributed by atoms with Gasteiger partial charge in [-0.2, -0.15) is 0 Å². The second-order valence-electron chi connectivity index (χ2n) is 4.62. The highest BCUT2D eigenvalue weighted by Gasteiger charge is 2.06. The average Bonchev–Trinajstić information content (AvgIpc) is 2.75. The Bertz CT molecular complexity index is 485. The fraction of sp³-hybridized carbons (Fsp3) is 0.333. The maximum Gasteiger partial charge on any atom is 0.134 e. The van der Waals surface area contributed by atoms with Gasteiger partial charge in [-0.05, 0) is 24.6 Å². The van der Waals surface area contributed by atoms with Crippen molar-refractivity contribution in [3.05, 3.63) is 47.7 Å². The Balaban J connectivity index is 2.16. The van der Waals surface area contributed by atoms with Crippen LogP contribution in [0.15, 0.2) is 40.8 Å². The van der Waals surface area contributed by atoms with Gasteiger partial charge in [-0.25, -0.2) is 0 Å². The van der Waals surface area contributed by atoms with Gasteiger partial charge in [0.05, 0.1) is 6.54 Å². The van der Waals surface area contributed by atoms with Gasteiger partial charge < -0.3 is 9.73 Å². The lowest BCUT2D eigenvalue weighted by molar-refractivity contribution is 0.473. The molecule has 0 unspecified atom stereocenters. The minimum absolute atomic E-state index is 0.474. The zero-order valence-electron chi connectivity index (χ0n) is 10.7. The molecule has 0 aliphatic carbocycles. The fourth-order valence-electron chi connectivity index (χ4n) is 1.77. The number of hydrogen-bond donors (Lipinski definition) is 1. The maximum atomic E-state index is 5.84. The first-order valence-corrected chi connectivity index (χ1v) is 6.05. The zero-order chi connectivity index (χ0) is 12.3. The molecule has 0 fully saturated rings. The first-order chi connectivity index (χ1) is 8.16. The standard InChI is InChI=1S/C15H19NO/c1-11(2)16-10-13-8-9-15(17-13)14-7-5-4-6-12(14)3/h4-9,11,16H,10H2,1-3H3. The van der Waals surface area contributed by atoms with Gasteiger partial charge in [0.15, 0.2) is 0 Å². The van der Waals surface area contributed by atoms with E-state index in [9.17, 15) is 0 Å². The summed E-state index contributed by atoms with van der Waals surface area (Å²) in [6, 6.07) is 12.8. The van der Waals surface area contributed by atoms with E-state index in [1.54, 1.807) is 0 Å². The minimum Gasteiger partial charge on any atom is -0.460 e. The number of hydrogen-bond acceptors (Lipinski definition) is 2. The smallest absolute Gasteiger partial charge is 0.134 e. The van der Waals surface area contributed by atoms with Crippen molar-refractivity contribution in [2.75, 3.05) is 0 Å². The molecule has 0 amide bonds. The summed E-state index contributed by atoms with van der Waals surface area (Å²) in [7, 11) is 0. The first-order valence-electron chi connectivity index (χ1n) is 6.05. The van der Waals surface area contributed by atoms with Crippen molar-refractivity contribution in [1.82, 2.24) is 5.32 Å². The number of aryl methyl sites for hydroxylation is 1. The highest BCUT2D eigenvalue weighted by molar-refractivity contribution is 5.61. The van der Waals surface area contributed by atoms with Gasteiger partial charge in [0, 0.05) is 11.6 Å².